The molecule has 2 aromatic carbocycles. The van der Waals surface area contributed by atoms with Gasteiger partial charge in [-0.15, -0.1) is 0 Å². The van der Waals surface area contributed by atoms with Gasteiger partial charge in [-0.1, -0.05) is 49.2 Å². The predicted octanol–water partition coefficient (Wildman–Crippen LogP) is 4.42. The second-order valence-electron chi connectivity index (χ2n) is 6.27. The summed E-state index contributed by atoms with van der Waals surface area (Å²) in [6, 6.07) is 15.8. The van der Waals surface area contributed by atoms with Gasteiger partial charge >= 0.3 is 0 Å². The molecule has 0 atom stereocenters. The lowest BCUT2D eigenvalue weighted by atomic mass is 10.1. The Bertz CT molecular complexity index is 656. The summed E-state index contributed by atoms with van der Waals surface area (Å²) in [7, 11) is 0. The highest BCUT2D eigenvalue weighted by Crippen LogP contribution is 2.27. The molecule has 134 valence electrons. The van der Waals surface area contributed by atoms with Gasteiger partial charge in [0.1, 0.15) is 12.4 Å². The van der Waals surface area contributed by atoms with E-state index in [1.807, 2.05) is 55.5 Å². The van der Waals surface area contributed by atoms with Crippen LogP contribution in [-0.4, -0.2) is 12.5 Å². The largest absolute Gasteiger partial charge is 0.487 e. The van der Waals surface area contributed by atoms with Crippen molar-refractivity contribution in [1.82, 2.24) is 0 Å². The van der Waals surface area contributed by atoms with E-state index in [-0.39, 0.29) is 5.91 Å². The molecule has 2 aromatic rings. The van der Waals surface area contributed by atoms with Crippen LogP contribution >= 0.6 is 0 Å². The van der Waals surface area contributed by atoms with E-state index in [1.54, 1.807) is 0 Å². The number of nitrogens with one attached hydrogen (secondary N) is 1. The van der Waals surface area contributed by atoms with Crippen LogP contribution in [0, 0.1) is 6.92 Å². The van der Waals surface area contributed by atoms with Crippen molar-refractivity contribution >= 4 is 11.6 Å². The number of amides is 1. The maximum Gasteiger partial charge on any atom is 0.224 e. The number of hydrogen-bond acceptors (Lipinski definition) is 3. The number of ether oxygens (including phenoxy) is 1. The highest BCUT2D eigenvalue weighted by Gasteiger charge is 2.09. The van der Waals surface area contributed by atoms with Crippen molar-refractivity contribution in [3.05, 3.63) is 59.7 Å². The molecule has 2 rings (SSSR count). The zero-order chi connectivity index (χ0) is 17.9. The van der Waals surface area contributed by atoms with Crippen LogP contribution in [0.3, 0.4) is 0 Å². The number of carbonyl (C=O) groups excluding carboxylic acids is 1. The second kappa shape index (κ2) is 10.5. The Hall–Kier alpha value is -2.33. The molecule has 0 aliphatic heterocycles. The van der Waals surface area contributed by atoms with Crippen molar-refractivity contribution in [2.45, 2.75) is 45.6 Å². The summed E-state index contributed by atoms with van der Waals surface area (Å²) in [5, 5.41) is 2.98. The molecule has 0 saturated heterocycles. The van der Waals surface area contributed by atoms with Gasteiger partial charge in [0.05, 0.1) is 5.69 Å². The van der Waals surface area contributed by atoms with Crippen LogP contribution in [0.25, 0.3) is 0 Å². The first-order valence-electron chi connectivity index (χ1n) is 8.96. The van der Waals surface area contributed by atoms with Crippen molar-refractivity contribution in [1.29, 1.82) is 0 Å². The first kappa shape index (κ1) is 19.0. The minimum atomic E-state index is 0.0289. The number of nitrogens with two attached hydrogens (primary N) is 1. The van der Waals surface area contributed by atoms with Crippen molar-refractivity contribution < 1.29 is 9.53 Å². The molecule has 0 aliphatic carbocycles. The summed E-state index contributed by atoms with van der Waals surface area (Å²) in [5.74, 6) is 0.737. The van der Waals surface area contributed by atoms with Crippen LogP contribution in [0.1, 0.15) is 43.2 Å². The molecule has 0 unspecified atom stereocenters. The van der Waals surface area contributed by atoms with Gasteiger partial charge in [-0.25, -0.2) is 0 Å². The van der Waals surface area contributed by atoms with Crippen LogP contribution < -0.4 is 15.8 Å². The first-order valence-corrected chi connectivity index (χ1v) is 8.96. The van der Waals surface area contributed by atoms with E-state index in [0.29, 0.717) is 18.8 Å². The number of hydrogen-bond donors (Lipinski definition) is 2. The van der Waals surface area contributed by atoms with Crippen molar-refractivity contribution in [2.75, 3.05) is 11.9 Å². The van der Waals surface area contributed by atoms with E-state index in [0.717, 1.165) is 49.0 Å². The number of carbonyl (C=O) groups is 1. The summed E-state index contributed by atoms with van der Waals surface area (Å²) < 4.78 is 5.93. The molecule has 25 heavy (non-hydrogen) atoms. The molecule has 0 spiro atoms. The van der Waals surface area contributed by atoms with Crippen LogP contribution in [0.5, 0.6) is 5.75 Å². The normalized spacial score (nSPS) is 10.5. The number of benzene rings is 2. The van der Waals surface area contributed by atoms with Crippen molar-refractivity contribution in [3.63, 3.8) is 0 Å². The molecular formula is C21H28N2O2. The number of aryl methyl sites for hydroxylation is 1. The van der Waals surface area contributed by atoms with E-state index < -0.39 is 0 Å². The van der Waals surface area contributed by atoms with E-state index in [9.17, 15) is 4.79 Å². The highest BCUT2D eigenvalue weighted by molar-refractivity contribution is 5.92. The molecule has 1 amide bonds. The molecule has 0 saturated carbocycles. The van der Waals surface area contributed by atoms with E-state index in [4.69, 9.17) is 10.5 Å². The van der Waals surface area contributed by atoms with Gasteiger partial charge in [0.15, 0.2) is 0 Å². The molecule has 0 heterocycles. The Labute approximate surface area is 150 Å². The third-order valence-electron chi connectivity index (χ3n) is 4.01. The third-order valence-corrected chi connectivity index (χ3v) is 4.01. The zero-order valence-electron chi connectivity index (χ0n) is 15.0. The lowest BCUT2D eigenvalue weighted by Gasteiger charge is -2.13. The number of anilines is 1. The van der Waals surface area contributed by atoms with Crippen LogP contribution in [0.2, 0.25) is 0 Å². The zero-order valence-corrected chi connectivity index (χ0v) is 15.0. The molecule has 0 aliphatic rings. The minimum Gasteiger partial charge on any atom is -0.487 e. The van der Waals surface area contributed by atoms with Gasteiger partial charge < -0.3 is 15.8 Å². The van der Waals surface area contributed by atoms with E-state index in [1.165, 1.54) is 0 Å². The molecule has 0 aromatic heterocycles. The fraction of sp³-hybridized carbons (Fsp3) is 0.381. The molecule has 4 nitrogen and oxygen atoms in total. The Balaban J connectivity index is 1.90. The number of unbranched alkanes of at least 4 members (excludes halogenated alkanes) is 3. The molecular weight excluding hydrogens is 312 g/mol. The maximum absolute atomic E-state index is 12.2. The second-order valence-corrected chi connectivity index (χ2v) is 6.27. The summed E-state index contributed by atoms with van der Waals surface area (Å²) in [4.78, 5) is 12.2. The van der Waals surface area contributed by atoms with Gasteiger partial charge in [0.25, 0.3) is 0 Å². The lowest BCUT2D eigenvalue weighted by molar-refractivity contribution is -0.116. The van der Waals surface area contributed by atoms with Crippen LogP contribution in [0.15, 0.2) is 48.5 Å². The molecule has 0 radical (unpaired) electrons. The summed E-state index contributed by atoms with van der Waals surface area (Å²) in [6.07, 6.45) is 4.56. The Morgan fingerprint density at radius 3 is 2.56 bits per heavy atom. The van der Waals surface area contributed by atoms with Gasteiger partial charge in [0.2, 0.25) is 5.91 Å². The van der Waals surface area contributed by atoms with Gasteiger partial charge in [0, 0.05) is 6.42 Å². The van der Waals surface area contributed by atoms with Crippen LogP contribution in [0.4, 0.5) is 5.69 Å². The minimum absolute atomic E-state index is 0.0289. The smallest absolute Gasteiger partial charge is 0.224 e. The molecule has 4 heteroatoms. The first-order chi connectivity index (χ1) is 12.2. The fourth-order valence-electron chi connectivity index (χ4n) is 2.58. The quantitative estimate of drug-likeness (QED) is 0.629. The van der Waals surface area contributed by atoms with Crippen LogP contribution in [-0.2, 0) is 11.4 Å². The molecule has 3 N–H and O–H groups in total. The monoisotopic (exact) mass is 340 g/mol. The Morgan fingerprint density at radius 2 is 1.80 bits per heavy atom. The lowest BCUT2D eigenvalue weighted by Crippen LogP contribution is -2.12. The Kier molecular flexibility index (Phi) is 7.99. The van der Waals surface area contributed by atoms with E-state index >= 15 is 0 Å². The van der Waals surface area contributed by atoms with Crippen molar-refractivity contribution in [2.24, 2.45) is 5.73 Å². The maximum atomic E-state index is 12.2. The third kappa shape index (κ3) is 6.98. The average molecular weight is 340 g/mol. The van der Waals surface area contributed by atoms with Gasteiger partial charge in [-0.05, 0) is 49.6 Å². The van der Waals surface area contributed by atoms with Gasteiger partial charge in [-0.2, -0.15) is 0 Å². The predicted molar refractivity (Wildman–Crippen MR) is 103 cm³/mol. The highest BCUT2D eigenvalue weighted by atomic mass is 16.5. The topological polar surface area (TPSA) is 64.4 Å². The van der Waals surface area contributed by atoms with Crippen molar-refractivity contribution in [3.8, 4) is 5.75 Å². The standard InChI is InChI=1S/C21H28N2O2/c1-17-12-13-19(23-21(24)11-7-2-3-8-14-22)20(15-17)25-16-18-9-5-4-6-10-18/h4-6,9-10,12-13,15H,2-3,7-8,11,14,16,22H2,1H3,(H,23,24). The Morgan fingerprint density at radius 1 is 1.04 bits per heavy atom. The average Bonchev–Trinajstić information content (AvgIpc) is 2.62. The summed E-state index contributed by atoms with van der Waals surface area (Å²) >= 11 is 0. The summed E-state index contributed by atoms with van der Waals surface area (Å²) in [5.41, 5.74) is 8.41. The SMILES string of the molecule is Cc1ccc(NC(=O)CCCCCCN)c(OCc2ccccc2)c1. The summed E-state index contributed by atoms with van der Waals surface area (Å²) in [6.45, 7) is 3.21. The molecule has 0 bridgehead atoms. The fourth-order valence-corrected chi connectivity index (χ4v) is 2.58. The molecule has 0 fully saturated rings. The van der Waals surface area contributed by atoms with Gasteiger partial charge in [-0.3, -0.25) is 4.79 Å². The number of rotatable bonds is 10. The van der Waals surface area contributed by atoms with E-state index in [2.05, 4.69) is 5.32 Å².